The number of rotatable bonds is 5. The van der Waals surface area contributed by atoms with E-state index >= 15 is 0 Å². The van der Waals surface area contributed by atoms with Gasteiger partial charge >= 0.3 is 12.1 Å². The summed E-state index contributed by atoms with van der Waals surface area (Å²) in [7, 11) is 0. The third-order valence-corrected chi connectivity index (χ3v) is 2.89. The SMILES string of the molecule is Cc1ccc(N(CCC(=O)CCl)C(=O)C(F)(F)F)cc1. The Morgan fingerprint density at radius 1 is 1.20 bits per heavy atom. The Labute approximate surface area is 119 Å². The number of alkyl halides is 4. The van der Waals surface area contributed by atoms with Crippen LogP contribution >= 0.6 is 11.6 Å². The molecule has 0 atom stereocenters. The summed E-state index contributed by atoms with van der Waals surface area (Å²) in [5, 5.41) is 0. The average molecular weight is 308 g/mol. The van der Waals surface area contributed by atoms with E-state index in [1.807, 2.05) is 0 Å². The van der Waals surface area contributed by atoms with Crippen molar-refractivity contribution in [3.8, 4) is 0 Å². The first-order chi connectivity index (χ1) is 9.25. The van der Waals surface area contributed by atoms with Crippen LogP contribution in [-0.4, -0.2) is 30.3 Å². The highest BCUT2D eigenvalue weighted by molar-refractivity contribution is 6.27. The zero-order chi connectivity index (χ0) is 15.3. The molecule has 0 aliphatic heterocycles. The van der Waals surface area contributed by atoms with Gasteiger partial charge in [-0.25, -0.2) is 0 Å². The van der Waals surface area contributed by atoms with Crippen LogP contribution in [0.5, 0.6) is 0 Å². The molecule has 0 spiro atoms. The van der Waals surface area contributed by atoms with Gasteiger partial charge in [-0.3, -0.25) is 9.59 Å². The van der Waals surface area contributed by atoms with Crippen LogP contribution in [0, 0.1) is 6.92 Å². The van der Waals surface area contributed by atoms with E-state index in [9.17, 15) is 22.8 Å². The molecule has 0 N–H and O–H groups in total. The number of halogens is 4. The maximum Gasteiger partial charge on any atom is 0.471 e. The number of ketones is 1. The molecule has 1 rings (SSSR count). The summed E-state index contributed by atoms with van der Waals surface area (Å²) in [5.41, 5.74) is 0.949. The highest BCUT2D eigenvalue weighted by atomic mass is 35.5. The average Bonchev–Trinajstić information content (AvgIpc) is 2.39. The monoisotopic (exact) mass is 307 g/mol. The van der Waals surface area contributed by atoms with Crippen LogP contribution in [0.25, 0.3) is 0 Å². The van der Waals surface area contributed by atoms with Crippen molar-refractivity contribution in [2.45, 2.75) is 19.5 Å². The topological polar surface area (TPSA) is 37.4 Å². The molecular weight excluding hydrogens is 295 g/mol. The Morgan fingerprint density at radius 2 is 1.75 bits per heavy atom. The van der Waals surface area contributed by atoms with Crippen LogP contribution in [0.2, 0.25) is 0 Å². The molecule has 1 aromatic rings. The van der Waals surface area contributed by atoms with Gasteiger partial charge in [-0.15, -0.1) is 11.6 Å². The van der Waals surface area contributed by atoms with E-state index in [0.717, 1.165) is 5.56 Å². The van der Waals surface area contributed by atoms with Crippen LogP contribution in [0.1, 0.15) is 12.0 Å². The maximum atomic E-state index is 12.6. The van der Waals surface area contributed by atoms with E-state index in [-0.39, 0.29) is 24.5 Å². The van der Waals surface area contributed by atoms with E-state index in [0.29, 0.717) is 4.90 Å². The van der Waals surface area contributed by atoms with Gasteiger partial charge in [0.05, 0.1) is 5.88 Å². The molecule has 0 fully saturated rings. The van der Waals surface area contributed by atoms with Gasteiger partial charge in [-0.2, -0.15) is 13.2 Å². The molecule has 0 saturated carbocycles. The van der Waals surface area contributed by atoms with Crippen LogP contribution in [0.4, 0.5) is 18.9 Å². The molecule has 0 aromatic heterocycles. The number of anilines is 1. The maximum absolute atomic E-state index is 12.6. The predicted molar refractivity (Wildman–Crippen MR) is 69.9 cm³/mol. The number of hydrogen-bond acceptors (Lipinski definition) is 2. The Morgan fingerprint density at radius 3 is 2.20 bits per heavy atom. The first-order valence-electron chi connectivity index (χ1n) is 5.78. The molecule has 1 amide bonds. The zero-order valence-electron chi connectivity index (χ0n) is 10.7. The summed E-state index contributed by atoms with van der Waals surface area (Å²) in [6, 6.07) is 6.00. The second-order valence-electron chi connectivity index (χ2n) is 4.21. The fraction of sp³-hybridized carbons (Fsp3) is 0.385. The first kappa shape index (κ1) is 16.5. The molecule has 0 saturated heterocycles. The van der Waals surface area contributed by atoms with Gasteiger partial charge in [0.2, 0.25) is 0 Å². The van der Waals surface area contributed by atoms with Crippen molar-refractivity contribution in [3.05, 3.63) is 29.8 Å². The fourth-order valence-electron chi connectivity index (χ4n) is 1.53. The smallest absolute Gasteiger partial charge is 0.304 e. The summed E-state index contributed by atoms with van der Waals surface area (Å²) in [4.78, 5) is 23.1. The standard InChI is InChI=1S/C13H13ClF3NO2/c1-9-2-4-10(5-3-9)18(7-6-11(19)8-14)12(20)13(15,16)17/h2-5H,6-8H2,1H3. The number of benzene rings is 1. The molecule has 0 aliphatic carbocycles. The van der Waals surface area contributed by atoms with E-state index in [1.54, 1.807) is 19.1 Å². The fourth-order valence-corrected chi connectivity index (χ4v) is 1.66. The van der Waals surface area contributed by atoms with Crippen LogP contribution in [-0.2, 0) is 9.59 Å². The number of aryl methyl sites for hydroxylation is 1. The molecule has 3 nitrogen and oxygen atoms in total. The van der Waals surface area contributed by atoms with E-state index in [1.165, 1.54) is 12.1 Å². The van der Waals surface area contributed by atoms with E-state index in [4.69, 9.17) is 11.6 Å². The van der Waals surface area contributed by atoms with Gasteiger partial charge in [0, 0.05) is 18.7 Å². The van der Waals surface area contributed by atoms with Gasteiger partial charge in [0.25, 0.3) is 0 Å². The number of carbonyl (C=O) groups excluding carboxylic acids is 2. The van der Waals surface area contributed by atoms with Crippen molar-refractivity contribution in [1.29, 1.82) is 0 Å². The highest BCUT2D eigenvalue weighted by Gasteiger charge is 2.43. The summed E-state index contributed by atoms with van der Waals surface area (Å²) in [6.07, 6.45) is -5.21. The lowest BCUT2D eigenvalue weighted by atomic mass is 10.2. The quantitative estimate of drug-likeness (QED) is 0.784. The molecule has 0 heterocycles. The van der Waals surface area contributed by atoms with Gasteiger partial charge in [-0.05, 0) is 19.1 Å². The normalized spacial score (nSPS) is 11.2. The summed E-state index contributed by atoms with van der Waals surface area (Å²) in [6.45, 7) is 1.42. The predicted octanol–water partition coefficient (Wildman–Crippen LogP) is 3.09. The number of Topliss-reactive ketones (excluding diaryl/α,β-unsaturated/α-hetero) is 1. The minimum absolute atomic E-state index is 0.0975. The van der Waals surface area contributed by atoms with Crippen molar-refractivity contribution >= 4 is 29.0 Å². The Bertz CT molecular complexity index is 485. The van der Waals surface area contributed by atoms with Gasteiger partial charge in [0.15, 0.2) is 0 Å². The molecule has 110 valence electrons. The Balaban J connectivity index is 2.98. The third kappa shape index (κ3) is 4.52. The summed E-state index contributed by atoms with van der Waals surface area (Å²) >= 11 is 5.30. The lowest BCUT2D eigenvalue weighted by Gasteiger charge is -2.23. The summed E-state index contributed by atoms with van der Waals surface area (Å²) < 4.78 is 37.7. The van der Waals surface area contributed by atoms with Crippen molar-refractivity contribution < 1.29 is 22.8 Å². The zero-order valence-corrected chi connectivity index (χ0v) is 11.5. The highest BCUT2D eigenvalue weighted by Crippen LogP contribution is 2.24. The minimum atomic E-state index is -4.99. The molecular formula is C13H13ClF3NO2. The lowest BCUT2D eigenvalue weighted by Crippen LogP contribution is -2.42. The van der Waals surface area contributed by atoms with Gasteiger partial charge in [-0.1, -0.05) is 17.7 Å². The second kappa shape index (κ2) is 6.74. The largest absolute Gasteiger partial charge is 0.471 e. The molecule has 0 radical (unpaired) electrons. The van der Waals surface area contributed by atoms with Crippen molar-refractivity contribution in [1.82, 2.24) is 0 Å². The molecule has 0 aliphatic rings. The van der Waals surface area contributed by atoms with E-state index < -0.39 is 17.9 Å². The van der Waals surface area contributed by atoms with Crippen molar-refractivity contribution in [2.24, 2.45) is 0 Å². The Hall–Kier alpha value is -1.56. The molecule has 0 bridgehead atoms. The second-order valence-corrected chi connectivity index (χ2v) is 4.48. The molecule has 7 heteroatoms. The molecule has 1 aromatic carbocycles. The number of carbonyl (C=O) groups is 2. The van der Waals surface area contributed by atoms with Gasteiger partial charge in [0.1, 0.15) is 5.78 Å². The van der Waals surface area contributed by atoms with Crippen molar-refractivity contribution in [3.63, 3.8) is 0 Å². The van der Waals surface area contributed by atoms with Crippen LogP contribution in [0.15, 0.2) is 24.3 Å². The van der Waals surface area contributed by atoms with Gasteiger partial charge < -0.3 is 4.90 Å². The number of nitrogens with zero attached hydrogens (tertiary/aromatic N) is 1. The number of hydrogen-bond donors (Lipinski definition) is 0. The minimum Gasteiger partial charge on any atom is -0.304 e. The first-order valence-corrected chi connectivity index (χ1v) is 6.32. The number of amides is 1. The molecule has 20 heavy (non-hydrogen) atoms. The van der Waals surface area contributed by atoms with Crippen LogP contribution in [0.3, 0.4) is 0 Å². The van der Waals surface area contributed by atoms with Crippen LogP contribution < -0.4 is 4.90 Å². The van der Waals surface area contributed by atoms with E-state index in [2.05, 4.69) is 0 Å². The molecule has 0 unspecified atom stereocenters. The lowest BCUT2D eigenvalue weighted by molar-refractivity contribution is -0.170. The Kier molecular flexibility index (Phi) is 5.56. The third-order valence-electron chi connectivity index (χ3n) is 2.60. The van der Waals surface area contributed by atoms with Crippen molar-refractivity contribution in [2.75, 3.05) is 17.3 Å². The summed E-state index contributed by atoms with van der Waals surface area (Å²) in [5.74, 6) is -2.70.